The Morgan fingerprint density at radius 3 is 3.00 bits per heavy atom. The lowest BCUT2D eigenvalue weighted by Gasteiger charge is -2.49. The zero-order chi connectivity index (χ0) is 20.0. The molecule has 1 aromatic carbocycles. The average Bonchev–Trinajstić information content (AvgIpc) is 3.13. The van der Waals surface area contributed by atoms with E-state index in [1.165, 1.54) is 16.7 Å². The number of fused-ring (bicyclic) bond motifs is 2. The Morgan fingerprint density at radius 1 is 1.46 bits per heavy atom. The summed E-state index contributed by atoms with van der Waals surface area (Å²) >= 11 is 1.41. The predicted molar refractivity (Wildman–Crippen MR) is 103 cm³/mol. The monoisotopic (exact) mass is 402 g/mol. The largest absolute Gasteiger partial charge is 0.477 e. The second-order valence-corrected chi connectivity index (χ2v) is 7.69. The third-order valence-electron chi connectivity index (χ3n) is 4.69. The van der Waals surface area contributed by atoms with E-state index in [4.69, 9.17) is 5.73 Å². The van der Waals surface area contributed by atoms with E-state index in [0.29, 0.717) is 17.0 Å². The van der Waals surface area contributed by atoms with Gasteiger partial charge in [0.1, 0.15) is 17.1 Å². The van der Waals surface area contributed by atoms with Gasteiger partial charge in [0.15, 0.2) is 6.17 Å². The van der Waals surface area contributed by atoms with Gasteiger partial charge >= 0.3 is 5.97 Å². The summed E-state index contributed by atoms with van der Waals surface area (Å²) in [5.74, 6) is -1.67. The number of β-lactam (4-membered cyclic amide) rings is 1. The van der Waals surface area contributed by atoms with Crippen LogP contribution in [0, 0.1) is 0 Å². The number of imidazole rings is 1. The van der Waals surface area contributed by atoms with Crippen molar-refractivity contribution in [1.29, 1.82) is 0 Å². The van der Waals surface area contributed by atoms with Gasteiger partial charge in [-0.15, -0.1) is 11.8 Å². The van der Waals surface area contributed by atoms with Crippen LogP contribution in [-0.4, -0.2) is 61.1 Å². The van der Waals surface area contributed by atoms with Gasteiger partial charge < -0.3 is 26.5 Å². The van der Waals surface area contributed by atoms with Crippen molar-refractivity contribution in [3.8, 4) is 0 Å². The highest BCUT2D eigenvalue weighted by atomic mass is 32.2. The van der Waals surface area contributed by atoms with Gasteiger partial charge in [0.05, 0.1) is 17.4 Å². The maximum Gasteiger partial charge on any atom is 0.352 e. The van der Waals surface area contributed by atoms with Crippen molar-refractivity contribution in [2.45, 2.75) is 24.5 Å². The topological polar surface area (TPSA) is 153 Å². The number of benzene rings is 1. The van der Waals surface area contributed by atoms with Crippen LogP contribution < -0.4 is 16.4 Å². The lowest BCUT2D eigenvalue weighted by Crippen LogP contribution is -2.71. The Kier molecular flexibility index (Phi) is 4.47. The standard InChI is InChI=1S/C17H18N6O4S/c1-7-5-28-16-11(15(25)23(16)12(7)17(26)27)22-14(24)13(18)21-8-2-3-9-10(4-8)20-6-19-9/h2-4,6,11,13,16,21H,5,18H2,1H3,(H,19,20)(H,22,24)(H,26,27)/t11?,13-,16+/m1/s1. The van der Waals surface area contributed by atoms with Crippen LogP contribution in [0.15, 0.2) is 35.8 Å². The number of carbonyl (C=O) groups is 3. The summed E-state index contributed by atoms with van der Waals surface area (Å²) in [4.78, 5) is 44.6. The second-order valence-electron chi connectivity index (χ2n) is 6.59. The number of amides is 2. The number of carboxylic acids is 1. The third-order valence-corrected chi connectivity index (χ3v) is 6.11. The minimum absolute atomic E-state index is 0.00558. The van der Waals surface area contributed by atoms with E-state index in [9.17, 15) is 19.5 Å². The van der Waals surface area contributed by atoms with Crippen molar-refractivity contribution < 1.29 is 19.5 Å². The Balaban J connectivity index is 1.41. The van der Waals surface area contributed by atoms with Crippen molar-refractivity contribution >= 4 is 46.3 Å². The Bertz CT molecular complexity index is 1020. The molecule has 6 N–H and O–H groups in total. The lowest BCUT2D eigenvalue weighted by atomic mass is 10.0. The molecular weight excluding hydrogens is 384 g/mol. The number of aliphatic carboxylic acids is 1. The van der Waals surface area contributed by atoms with Crippen LogP contribution in [0.2, 0.25) is 0 Å². The number of nitrogens with zero attached hydrogens (tertiary/aromatic N) is 2. The number of hydrogen-bond donors (Lipinski definition) is 5. The molecule has 0 spiro atoms. The van der Waals surface area contributed by atoms with Gasteiger partial charge in [0, 0.05) is 11.4 Å². The SMILES string of the molecule is CC1=C(C(=O)O)N2C(=O)C(NC(=O)[C@H](N)Nc3ccc4[nH]cnc4c3)[C@@H]2SC1. The molecule has 1 aromatic heterocycles. The quantitative estimate of drug-likeness (QED) is 0.346. The Hall–Kier alpha value is -3.05. The predicted octanol–water partition coefficient (Wildman–Crippen LogP) is 0.0181. The summed E-state index contributed by atoms with van der Waals surface area (Å²) in [7, 11) is 0. The van der Waals surface area contributed by atoms with Crippen LogP contribution in [0.4, 0.5) is 5.69 Å². The minimum Gasteiger partial charge on any atom is -0.477 e. The third kappa shape index (κ3) is 2.98. The fourth-order valence-corrected chi connectivity index (χ4v) is 4.58. The molecule has 1 saturated heterocycles. The number of rotatable bonds is 5. The van der Waals surface area contributed by atoms with Gasteiger partial charge in [-0.2, -0.15) is 0 Å². The first kappa shape index (κ1) is 18.3. The molecular formula is C17H18N6O4S. The summed E-state index contributed by atoms with van der Waals surface area (Å²) in [6, 6.07) is 4.51. The first-order valence-corrected chi connectivity index (χ1v) is 9.55. The summed E-state index contributed by atoms with van der Waals surface area (Å²) in [6.45, 7) is 1.68. The highest BCUT2D eigenvalue weighted by Gasteiger charge is 2.53. The molecule has 0 bridgehead atoms. The smallest absolute Gasteiger partial charge is 0.352 e. The normalized spacial score (nSPS) is 22.5. The summed E-state index contributed by atoms with van der Waals surface area (Å²) in [5, 5.41) is 14.4. The molecule has 1 unspecified atom stereocenters. The number of aromatic amines is 1. The molecule has 2 aliphatic heterocycles. The van der Waals surface area contributed by atoms with Crippen molar-refractivity contribution in [1.82, 2.24) is 20.2 Å². The number of thioether (sulfide) groups is 1. The number of aromatic nitrogens is 2. The van der Waals surface area contributed by atoms with Crippen molar-refractivity contribution in [2.24, 2.45) is 5.73 Å². The summed E-state index contributed by atoms with van der Waals surface area (Å²) in [6.07, 6.45) is 0.487. The van der Waals surface area contributed by atoms with Gasteiger partial charge in [0.25, 0.3) is 11.8 Å². The highest BCUT2D eigenvalue weighted by Crippen LogP contribution is 2.40. The fraction of sp³-hybridized carbons (Fsp3) is 0.294. The van der Waals surface area contributed by atoms with E-state index in [1.54, 1.807) is 25.4 Å². The molecule has 3 atom stereocenters. The number of H-pyrrole nitrogens is 1. The summed E-state index contributed by atoms with van der Waals surface area (Å²) in [5.41, 5.74) is 8.74. The van der Waals surface area contributed by atoms with Gasteiger partial charge in [-0.1, -0.05) is 0 Å². The maximum absolute atomic E-state index is 12.4. The molecule has 0 radical (unpaired) electrons. The highest BCUT2D eigenvalue weighted by molar-refractivity contribution is 8.00. The molecule has 0 saturated carbocycles. The first-order valence-electron chi connectivity index (χ1n) is 8.50. The molecule has 2 aromatic rings. The van der Waals surface area contributed by atoms with Crippen LogP contribution in [0.3, 0.4) is 0 Å². The maximum atomic E-state index is 12.4. The first-order chi connectivity index (χ1) is 13.4. The molecule has 2 aliphatic rings. The molecule has 4 rings (SSSR count). The van der Waals surface area contributed by atoms with E-state index in [2.05, 4.69) is 20.6 Å². The average molecular weight is 402 g/mol. The van der Waals surface area contributed by atoms with Gasteiger partial charge in [-0.3, -0.25) is 14.5 Å². The molecule has 28 heavy (non-hydrogen) atoms. The van der Waals surface area contributed by atoms with Crippen molar-refractivity contribution in [3.63, 3.8) is 0 Å². The Labute approximate surface area is 163 Å². The zero-order valence-corrected chi connectivity index (χ0v) is 15.6. The van der Waals surface area contributed by atoms with Gasteiger partial charge in [-0.25, -0.2) is 9.78 Å². The Morgan fingerprint density at radius 2 is 2.25 bits per heavy atom. The summed E-state index contributed by atoms with van der Waals surface area (Å²) < 4.78 is 0. The molecule has 11 heteroatoms. The number of carbonyl (C=O) groups excluding carboxylic acids is 2. The van der Waals surface area contributed by atoms with E-state index < -0.39 is 35.4 Å². The number of nitrogens with two attached hydrogens (primary N) is 1. The molecule has 1 fully saturated rings. The van der Waals surface area contributed by atoms with Crippen LogP contribution in [0.5, 0.6) is 0 Å². The molecule has 146 valence electrons. The van der Waals surface area contributed by atoms with E-state index >= 15 is 0 Å². The number of nitrogens with one attached hydrogen (secondary N) is 3. The van der Waals surface area contributed by atoms with Crippen LogP contribution in [0.1, 0.15) is 6.92 Å². The van der Waals surface area contributed by atoms with Crippen LogP contribution in [-0.2, 0) is 14.4 Å². The zero-order valence-electron chi connectivity index (χ0n) is 14.8. The van der Waals surface area contributed by atoms with E-state index in [0.717, 1.165) is 11.0 Å². The fourth-order valence-electron chi connectivity index (χ4n) is 3.29. The van der Waals surface area contributed by atoms with Crippen molar-refractivity contribution in [3.05, 3.63) is 35.8 Å². The van der Waals surface area contributed by atoms with Gasteiger partial charge in [0.2, 0.25) is 0 Å². The molecule has 0 aliphatic carbocycles. The van der Waals surface area contributed by atoms with Crippen molar-refractivity contribution in [2.75, 3.05) is 11.1 Å². The molecule has 2 amide bonds. The number of hydrogen-bond acceptors (Lipinski definition) is 7. The van der Waals surface area contributed by atoms with Crippen LogP contribution >= 0.6 is 11.8 Å². The molecule has 10 nitrogen and oxygen atoms in total. The van der Waals surface area contributed by atoms with E-state index in [-0.39, 0.29) is 5.70 Å². The second kappa shape index (κ2) is 6.84. The lowest BCUT2D eigenvalue weighted by molar-refractivity contribution is -0.150. The molecule has 3 heterocycles. The van der Waals surface area contributed by atoms with E-state index in [1.807, 2.05) is 6.07 Å². The van der Waals surface area contributed by atoms with Crippen LogP contribution in [0.25, 0.3) is 11.0 Å². The number of anilines is 1. The number of carboxylic acid groups (broad SMARTS) is 1. The minimum atomic E-state index is -1.15. The van der Waals surface area contributed by atoms with Gasteiger partial charge in [-0.05, 0) is 30.7 Å².